The highest BCUT2D eigenvalue weighted by Gasteiger charge is 2.42. The molecule has 0 saturated carbocycles. The zero-order chi connectivity index (χ0) is 28.4. The molecule has 10 heteroatoms. The molecule has 0 fully saturated rings. The molecule has 0 amide bonds. The Morgan fingerprint density at radius 3 is 2.62 bits per heavy atom. The van der Waals surface area contributed by atoms with E-state index in [0.717, 1.165) is 10.4 Å². The van der Waals surface area contributed by atoms with E-state index in [2.05, 4.69) is 5.32 Å². The van der Waals surface area contributed by atoms with Crippen molar-refractivity contribution >= 4 is 28.8 Å². The van der Waals surface area contributed by atoms with E-state index in [1.54, 1.807) is 25.2 Å². The first-order valence-electron chi connectivity index (χ1n) is 12.9. The summed E-state index contributed by atoms with van der Waals surface area (Å²) < 4.78 is 11.2. The van der Waals surface area contributed by atoms with Gasteiger partial charge in [-0.1, -0.05) is 36.4 Å². The van der Waals surface area contributed by atoms with Crippen LogP contribution in [0.1, 0.15) is 54.5 Å². The summed E-state index contributed by atoms with van der Waals surface area (Å²) >= 11 is 1.58. The van der Waals surface area contributed by atoms with E-state index >= 15 is 0 Å². The largest absolute Gasteiger partial charge is 0.500 e. The first-order chi connectivity index (χ1) is 19.3. The van der Waals surface area contributed by atoms with Crippen LogP contribution in [0.2, 0.25) is 0 Å². The Morgan fingerprint density at radius 1 is 1.18 bits per heavy atom. The third-order valence-corrected chi connectivity index (χ3v) is 8.15. The number of ketones is 1. The van der Waals surface area contributed by atoms with Crippen LogP contribution < -0.4 is 10.1 Å². The summed E-state index contributed by atoms with van der Waals surface area (Å²) in [6.07, 6.45) is 0.779. The Bertz CT molecular complexity index is 1530. The monoisotopic (exact) mass is 560 g/mol. The molecule has 0 spiro atoms. The van der Waals surface area contributed by atoms with E-state index in [0.29, 0.717) is 23.4 Å². The molecule has 1 aliphatic carbocycles. The summed E-state index contributed by atoms with van der Waals surface area (Å²) in [7, 11) is 0. The van der Waals surface area contributed by atoms with Crippen molar-refractivity contribution in [3.05, 3.63) is 109 Å². The van der Waals surface area contributed by atoms with Crippen LogP contribution in [0, 0.1) is 10.1 Å². The number of phenolic OH excluding ortho intramolecular Hbond substituents is 1. The molecule has 3 aromatic rings. The van der Waals surface area contributed by atoms with Crippen molar-refractivity contribution in [2.45, 2.75) is 45.1 Å². The maximum absolute atomic E-state index is 13.8. The second-order valence-electron chi connectivity index (χ2n) is 9.67. The highest BCUT2D eigenvalue weighted by molar-refractivity contribution is 7.10. The zero-order valence-electron chi connectivity index (χ0n) is 22.0. The van der Waals surface area contributed by atoms with Gasteiger partial charge < -0.3 is 19.9 Å². The predicted molar refractivity (Wildman–Crippen MR) is 149 cm³/mol. The van der Waals surface area contributed by atoms with Crippen molar-refractivity contribution in [3.63, 3.8) is 0 Å². The number of allylic oxidation sites excluding steroid dienone is 3. The number of aromatic hydroxyl groups is 1. The van der Waals surface area contributed by atoms with Gasteiger partial charge in [0.1, 0.15) is 6.61 Å². The zero-order valence-corrected chi connectivity index (χ0v) is 22.8. The van der Waals surface area contributed by atoms with Gasteiger partial charge in [-0.05, 0) is 48.9 Å². The third kappa shape index (κ3) is 5.22. The summed E-state index contributed by atoms with van der Waals surface area (Å²) in [4.78, 5) is 39.7. The van der Waals surface area contributed by atoms with Crippen LogP contribution in [0.15, 0.2) is 82.5 Å². The van der Waals surface area contributed by atoms with Gasteiger partial charge in [-0.25, -0.2) is 4.79 Å². The number of nitro groups is 1. The number of hydrogen-bond acceptors (Lipinski definition) is 9. The Labute approximate surface area is 234 Å². The predicted octanol–water partition coefficient (Wildman–Crippen LogP) is 5.87. The Kier molecular flexibility index (Phi) is 7.70. The van der Waals surface area contributed by atoms with Gasteiger partial charge in [-0.2, -0.15) is 0 Å². The fraction of sp³-hybridized carbons (Fsp3) is 0.267. The second kappa shape index (κ2) is 11.4. The van der Waals surface area contributed by atoms with Crippen molar-refractivity contribution in [2.24, 2.45) is 0 Å². The third-order valence-electron chi connectivity index (χ3n) is 7.11. The SMILES string of the molecule is CCOc1cc([C@H]2C(C(=O)OCc3ccccc3)=C(C)NC3=C2C(=O)C[C@H](c2cccs2)C3)cc([N+](=O)[O-])c1O. The van der Waals surface area contributed by atoms with Crippen molar-refractivity contribution in [1.29, 1.82) is 0 Å². The number of rotatable bonds is 8. The van der Waals surface area contributed by atoms with Crippen LogP contribution in [0.3, 0.4) is 0 Å². The Hall–Kier alpha value is -4.44. The molecule has 2 atom stereocenters. The number of Topliss-reactive ketones (excluding diaryl/α,β-unsaturated/α-hetero) is 1. The molecule has 9 nitrogen and oxygen atoms in total. The number of ether oxygens (including phenoxy) is 2. The van der Waals surface area contributed by atoms with E-state index in [9.17, 15) is 24.8 Å². The molecule has 1 aromatic heterocycles. The average Bonchev–Trinajstić information content (AvgIpc) is 3.48. The Morgan fingerprint density at radius 2 is 1.95 bits per heavy atom. The standard InChI is InChI=1S/C30H28N2O7S/c1-3-38-24-15-20(13-22(29(24)34)32(36)37)27-26(30(35)39-16-18-8-5-4-6-9-18)17(2)31-21-12-19(14-23(33)28(21)27)25-10-7-11-40-25/h4-11,13,15,19,27,31,34H,3,12,14,16H2,1-2H3/t19-,27+/m1/s1. The van der Waals surface area contributed by atoms with E-state index in [4.69, 9.17) is 9.47 Å². The van der Waals surface area contributed by atoms with E-state index in [1.165, 1.54) is 12.1 Å². The summed E-state index contributed by atoms with van der Waals surface area (Å²) in [5, 5.41) is 27.6. The van der Waals surface area contributed by atoms with Crippen molar-refractivity contribution in [1.82, 2.24) is 5.32 Å². The van der Waals surface area contributed by atoms with Gasteiger partial charge >= 0.3 is 11.7 Å². The number of phenols is 1. The molecule has 2 aliphatic rings. The van der Waals surface area contributed by atoms with E-state index < -0.39 is 28.2 Å². The topological polar surface area (TPSA) is 128 Å². The number of hydrogen-bond donors (Lipinski definition) is 2. The molecule has 2 N–H and O–H groups in total. The van der Waals surface area contributed by atoms with Crippen molar-refractivity contribution in [2.75, 3.05) is 6.61 Å². The number of nitro benzene ring substituents is 1. The first-order valence-corrected chi connectivity index (χ1v) is 13.8. The molecule has 0 radical (unpaired) electrons. The molecule has 5 rings (SSSR count). The maximum Gasteiger partial charge on any atom is 0.337 e. The molecule has 40 heavy (non-hydrogen) atoms. The highest BCUT2D eigenvalue weighted by Crippen LogP contribution is 2.49. The first kappa shape index (κ1) is 27.1. The fourth-order valence-corrected chi connectivity index (χ4v) is 6.18. The van der Waals surface area contributed by atoms with E-state index in [1.807, 2.05) is 47.8 Å². The van der Waals surface area contributed by atoms with Crippen molar-refractivity contribution < 1.29 is 29.1 Å². The van der Waals surface area contributed by atoms with Gasteiger partial charge in [-0.15, -0.1) is 11.3 Å². The number of benzene rings is 2. The number of carbonyl (C=O) groups is 2. The molecule has 0 unspecified atom stereocenters. The smallest absolute Gasteiger partial charge is 0.337 e. The average molecular weight is 561 g/mol. The second-order valence-corrected chi connectivity index (χ2v) is 10.7. The molecule has 1 aliphatic heterocycles. The molecule has 0 saturated heterocycles. The van der Waals surface area contributed by atoms with Gasteiger partial charge in [0.25, 0.3) is 0 Å². The van der Waals surface area contributed by atoms with Crippen LogP contribution in [-0.2, 0) is 20.9 Å². The van der Waals surface area contributed by atoms with Crippen molar-refractivity contribution in [3.8, 4) is 11.5 Å². The minimum Gasteiger partial charge on any atom is -0.500 e. The number of nitrogens with one attached hydrogen (secondary N) is 1. The van der Waals surface area contributed by atoms with Crippen LogP contribution in [-0.4, -0.2) is 28.4 Å². The summed E-state index contributed by atoms with van der Waals surface area (Å²) in [5.74, 6) is -2.48. The number of dihydropyridines is 1. The summed E-state index contributed by atoms with van der Waals surface area (Å²) in [5.41, 5.74) is 2.22. The summed E-state index contributed by atoms with van der Waals surface area (Å²) in [6, 6.07) is 15.8. The molecular weight excluding hydrogens is 532 g/mol. The lowest BCUT2D eigenvalue weighted by molar-refractivity contribution is -0.386. The van der Waals surface area contributed by atoms with Gasteiger partial charge in [0.2, 0.25) is 5.75 Å². The lowest BCUT2D eigenvalue weighted by atomic mass is 9.72. The normalized spacial score (nSPS) is 18.7. The van der Waals surface area contributed by atoms with Crippen LogP contribution >= 0.6 is 11.3 Å². The number of nitrogens with zero attached hydrogens (tertiary/aromatic N) is 1. The minimum absolute atomic E-state index is 0.0173. The lowest BCUT2D eigenvalue weighted by Gasteiger charge is -2.36. The Balaban J connectivity index is 1.62. The lowest BCUT2D eigenvalue weighted by Crippen LogP contribution is -2.36. The molecule has 2 aromatic carbocycles. The van der Waals surface area contributed by atoms with Gasteiger partial charge in [0.15, 0.2) is 11.5 Å². The molecular formula is C30H28N2O7S. The quantitative estimate of drug-likeness (QED) is 0.199. The maximum atomic E-state index is 13.8. The van der Waals surface area contributed by atoms with E-state index in [-0.39, 0.29) is 48.2 Å². The summed E-state index contributed by atoms with van der Waals surface area (Å²) in [6.45, 7) is 3.59. The van der Waals surface area contributed by atoms with Crippen LogP contribution in [0.5, 0.6) is 11.5 Å². The van der Waals surface area contributed by atoms with Gasteiger partial charge in [0, 0.05) is 46.2 Å². The van der Waals surface area contributed by atoms with Crippen LogP contribution in [0.4, 0.5) is 5.69 Å². The molecule has 2 heterocycles. The highest BCUT2D eigenvalue weighted by atomic mass is 32.1. The number of thiophene rings is 1. The minimum atomic E-state index is -0.949. The number of carbonyl (C=O) groups excluding carboxylic acids is 2. The fourth-order valence-electron chi connectivity index (χ4n) is 5.35. The van der Waals surface area contributed by atoms with Gasteiger partial charge in [0.05, 0.1) is 17.1 Å². The van der Waals surface area contributed by atoms with Gasteiger partial charge in [-0.3, -0.25) is 14.9 Å². The molecule has 0 bridgehead atoms. The van der Waals surface area contributed by atoms with Crippen LogP contribution in [0.25, 0.3) is 0 Å². The molecule has 206 valence electrons. The number of esters is 1.